The quantitative estimate of drug-likeness (QED) is 0.605. The Morgan fingerprint density at radius 1 is 1.38 bits per heavy atom. The Hall–Kier alpha value is -0.610. The van der Waals surface area contributed by atoms with Crippen LogP contribution >= 0.6 is 0 Å². The van der Waals surface area contributed by atoms with Gasteiger partial charge in [0.1, 0.15) is 0 Å². The average molecular weight is 185 g/mol. The number of carbonyl (C=O) groups excluding carboxylic acids is 1. The molecule has 0 bridgehead atoms. The Morgan fingerprint density at radius 3 is 2.38 bits per heavy atom. The molecule has 1 aliphatic heterocycles. The van der Waals surface area contributed by atoms with Crippen molar-refractivity contribution in [2.45, 2.75) is 19.4 Å². The van der Waals surface area contributed by atoms with Crippen LogP contribution in [0.3, 0.4) is 0 Å². The van der Waals surface area contributed by atoms with Crippen molar-refractivity contribution in [3.63, 3.8) is 0 Å². The molecule has 0 radical (unpaired) electrons. The lowest BCUT2D eigenvalue weighted by Gasteiger charge is -2.39. The lowest BCUT2D eigenvalue weighted by molar-refractivity contribution is -0.131. The van der Waals surface area contributed by atoms with E-state index in [9.17, 15) is 4.79 Å². The molecule has 1 aliphatic rings. The van der Waals surface area contributed by atoms with Gasteiger partial charge in [-0.15, -0.1) is 0 Å². The van der Waals surface area contributed by atoms with Crippen molar-refractivity contribution in [3.8, 4) is 0 Å². The second kappa shape index (κ2) is 4.07. The van der Waals surface area contributed by atoms with E-state index in [1.54, 1.807) is 7.05 Å². The lowest BCUT2D eigenvalue weighted by atomic mass is 10.0. The van der Waals surface area contributed by atoms with E-state index >= 15 is 0 Å². The van der Waals surface area contributed by atoms with Gasteiger partial charge < -0.3 is 10.6 Å². The Kier molecular flexibility index (Phi) is 3.27. The molecule has 13 heavy (non-hydrogen) atoms. The summed E-state index contributed by atoms with van der Waals surface area (Å²) in [7, 11) is 1.69. The second-order valence-electron chi connectivity index (χ2n) is 3.88. The van der Waals surface area contributed by atoms with Crippen molar-refractivity contribution in [3.05, 3.63) is 0 Å². The molecule has 1 fully saturated rings. The molecule has 76 valence electrons. The molecule has 4 heteroatoms. The zero-order valence-corrected chi connectivity index (χ0v) is 8.68. The highest BCUT2D eigenvalue weighted by Crippen LogP contribution is 2.14. The van der Waals surface area contributed by atoms with Crippen LogP contribution in [0.4, 0.5) is 0 Å². The summed E-state index contributed by atoms with van der Waals surface area (Å²) in [5.41, 5.74) is -0.378. The molecular formula is C9H19N3O. The molecule has 4 nitrogen and oxygen atoms in total. The summed E-state index contributed by atoms with van der Waals surface area (Å²) in [4.78, 5) is 13.8. The average Bonchev–Trinajstić information content (AvgIpc) is 2.18. The highest BCUT2D eigenvalue weighted by molar-refractivity contribution is 5.85. The van der Waals surface area contributed by atoms with E-state index in [1.807, 2.05) is 13.8 Å². The van der Waals surface area contributed by atoms with Gasteiger partial charge in [-0.3, -0.25) is 9.69 Å². The number of likely N-dealkylation sites (N-methyl/N-ethyl adjacent to an activating group) is 1. The molecule has 0 aliphatic carbocycles. The van der Waals surface area contributed by atoms with Crippen LogP contribution in [0.2, 0.25) is 0 Å². The number of piperazine rings is 1. The zero-order chi connectivity index (χ0) is 9.90. The van der Waals surface area contributed by atoms with Gasteiger partial charge in [0.05, 0.1) is 5.54 Å². The van der Waals surface area contributed by atoms with E-state index in [0.717, 1.165) is 26.2 Å². The van der Waals surface area contributed by atoms with Crippen LogP contribution in [0.1, 0.15) is 13.8 Å². The standard InChI is InChI=1S/C9H19N3O/c1-9(2,8(13)10-3)12-6-4-11-5-7-12/h11H,4-7H2,1-3H3,(H,10,13). The minimum absolute atomic E-state index is 0.0920. The van der Waals surface area contributed by atoms with Crippen LogP contribution in [0.15, 0.2) is 0 Å². The second-order valence-corrected chi connectivity index (χ2v) is 3.88. The van der Waals surface area contributed by atoms with Crippen molar-refractivity contribution in [1.82, 2.24) is 15.5 Å². The number of hydrogen-bond donors (Lipinski definition) is 2. The number of hydrogen-bond acceptors (Lipinski definition) is 3. The minimum atomic E-state index is -0.378. The van der Waals surface area contributed by atoms with Gasteiger partial charge in [-0.05, 0) is 13.8 Å². The van der Waals surface area contributed by atoms with Crippen LogP contribution in [0.25, 0.3) is 0 Å². The summed E-state index contributed by atoms with van der Waals surface area (Å²) in [5, 5.41) is 5.97. The number of amides is 1. The van der Waals surface area contributed by atoms with E-state index < -0.39 is 0 Å². The predicted molar refractivity (Wildman–Crippen MR) is 52.6 cm³/mol. The first-order chi connectivity index (χ1) is 6.09. The van der Waals surface area contributed by atoms with Crippen LogP contribution in [0.5, 0.6) is 0 Å². The lowest BCUT2D eigenvalue weighted by Crippen LogP contribution is -2.59. The van der Waals surface area contributed by atoms with Crippen molar-refractivity contribution >= 4 is 5.91 Å². The maximum absolute atomic E-state index is 11.6. The normalized spacial score (nSPS) is 19.9. The monoisotopic (exact) mass is 185 g/mol. The molecule has 1 heterocycles. The van der Waals surface area contributed by atoms with Gasteiger partial charge in [0, 0.05) is 33.2 Å². The van der Waals surface area contributed by atoms with Crippen molar-refractivity contribution < 1.29 is 4.79 Å². The van der Waals surface area contributed by atoms with Gasteiger partial charge >= 0.3 is 0 Å². The number of nitrogens with one attached hydrogen (secondary N) is 2. The third-order valence-electron chi connectivity index (χ3n) is 2.69. The minimum Gasteiger partial charge on any atom is -0.358 e. The smallest absolute Gasteiger partial charge is 0.239 e. The Morgan fingerprint density at radius 2 is 1.92 bits per heavy atom. The fraction of sp³-hybridized carbons (Fsp3) is 0.889. The summed E-state index contributed by atoms with van der Waals surface area (Å²) < 4.78 is 0. The fourth-order valence-corrected chi connectivity index (χ4v) is 1.67. The molecule has 1 saturated heterocycles. The third-order valence-corrected chi connectivity index (χ3v) is 2.69. The first kappa shape index (κ1) is 10.5. The molecule has 1 amide bonds. The Bertz CT molecular complexity index is 185. The van der Waals surface area contributed by atoms with Crippen molar-refractivity contribution in [1.29, 1.82) is 0 Å². The first-order valence-electron chi connectivity index (χ1n) is 4.77. The molecule has 0 unspecified atom stereocenters. The highest BCUT2D eigenvalue weighted by Gasteiger charge is 2.34. The van der Waals surface area contributed by atoms with E-state index in [1.165, 1.54) is 0 Å². The molecule has 0 atom stereocenters. The summed E-state index contributed by atoms with van der Waals surface area (Å²) in [6.07, 6.45) is 0. The Labute approximate surface area is 79.7 Å². The third kappa shape index (κ3) is 2.19. The van der Waals surface area contributed by atoms with Gasteiger partial charge in [0.15, 0.2) is 0 Å². The molecular weight excluding hydrogens is 166 g/mol. The molecule has 0 spiro atoms. The van der Waals surface area contributed by atoms with Gasteiger partial charge in [0.25, 0.3) is 0 Å². The van der Waals surface area contributed by atoms with Crippen molar-refractivity contribution in [2.24, 2.45) is 0 Å². The number of rotatable bonds is 2. The topological polar surface area (TPSA) is 44.4 Å². The van der Waals surface area contributed by atoms with Gasteiger partial charge in [-0.1, -0.05) is 0 Å². The number of nitrogens with zero attached hydrogens (tertiary/aromatic N) is 1. The Balaban J connectivity index is 2.60. The maximum Gasteiger partial charge on any atom is 0.239 e. The van der Waals surface area contributed by atoms with Crippen molar-refractivity contribution in [2.75, 3.05) is 33.2 Å². The summed E-state index contributed by atoms with van der Waals surface area (Å²) in [6.45, 7) is 7.77. The van der Waals surface area contributed by atoms with E-state index in [4.69, 9.17) is 0 Å². The van der Waals surface area contributed by atoms with Crippen LogP contribution in [0, 0.1) is 0 Å². The van der Waals surface area contributed by atoms with Gasteiger partial charge in [-0.25, -0.2) is 0 Å². The molecule has 0 saturated carbocycles. The number of carbonyl (C=O) groups is 1. The summed E-state index contributed by atoms with van der Waals surface area (Å²) in [6, 6.07) is 0. The molecule has 2 N–H and O–H groups in total. The van der Waals surface area contributed by atoms with Crippen LogP contribution < -0.4 is 10.6 Å². The predicted octanol–water partition coefficient (Wildman–Crippen LogP) is -0.584. The van der Waals surface area contributed by atoms with Gasteiger partial charge in [-0.2, -0.15) is 0 Å². The largest absolute Gasteiger partial charge is 0.358 e. The summed E-state index contributed by atoms with van der Waals surface area (Å²) >= 11 is 0. The molecule has 0 aromatic carbocycles. The fourth-order valence-electron chi connectivity index (χ4n) is 1.67. The highest BCUT2D eigenvalue weighted by atomic mass is 16.2. The maximum atomic E-state index is 11.6. The molecule has 0 aromatic rings. The van der Waals surface area contributed by atoms with Gasteiger partial charge in [0.2, 0.25) is 5.91 Å². The SMILES string of the molecule is CNC(=O)C(C)(C)N1CCNCC1. The first-order valence-corrected chi connectivity index (χ1v) is 4.77. The molecule has 0 aromatic heterocycles. The van der Waals surface area contributed by atoms with Crippen LogP contribution in [-0.2, 0) is 4.79 Å². The van der Waals surface area contributed by atoms with E-state index in [0.29, 0.717) is 0 Å². The van der Waals surface area contributed by atoms with E-state index in [-0.39, 0.29) is 11.4 Å². The summed E-state index contributed by atoms with van der Waals surface area (Å²) in [5.74, 6) is 0.0920. The van der Waals surface area contributed by atoms with E-state index in [2.05, 4.69) is 15.5 Å². The zero-order valence-electron chi connectivity index (χ0n) is 8.68. The van der Waals surface area contributed by atoms with Crippen LogP contribution in [-0.4, -0.2) is 49.6 Å². The molecule has 1 rings (SSSR count).